The molecule has 2 atom stereocenters. The molecule has 2 aliphatic heterocycles. The maximum absolute atomic E-state index is 5.77. The fraction of sp³-hybridized carbons (Fsp3) is 0.421. The summed E-state index contributed by atoms with van der Waals surface area (Å²) >= 11 is 0. The summed E-state index contributed by atoms with van der Waals surface area (Å²) in [5.41, 5.74) is 1.20. The Labute approximate surface area is 137 Å². The molecule has 4 nitrogen and oxygen atoms in total. The van der Waals surface area contributed by atoms with Crippen LogP contribution in [0, 0.1) is 0 Å². The summed E-state index contributed by atoms with van der Waals surface area (Å²) in [6.45, 7) is 2.22. The number of hydrogen-bond acceptors (Lipinski definition) is 4. The first-order valence-corrected chi connectivity index (χ1v) is 8.45. The highest BCUT2D eigenvalue weighted by Crippen LogP contribution is 2.31. The van der Waals surface area contributed by atoms with Gasteiger partial charge in [0.2, 0.25) is 5.88 Å². The molecule has 0 aliphatic carbocycles. The molecule has 2 bridgehead atoms. The van der Waals surface area contributed by atoms with Crippen molar-refractivity contribution in [2.45, 2.75) is 31.3 Å². The highest BCUT2D eigenvalue weighted by molar-refractivity contribution is 5.46. The van der Waals surface area contributed by atoms with Gasteiger partial charge in [0, 0.05) is 31.2 Å². The van der Waals surface area contributed by atoms with Gasteiger partial charge in [0.05, 0.1) is 11.9 Å². The Hall–Kier alpha value is -2.07. The summed E-state index contributed by atoms with van der Waals surface area (Å²) in [4.78, 5) is 9.52. The van der Waals surface area contributed by atoms with Gasteiger partial charge in [-0.3, -0.25) is 4.90 Å². The molecule has 4 rings (SSSR count). The lowest BCUT2D eigenvalue weighted by molar-refractivity contribution is 0.254. The van der Waals surface area contributed by atoms with Crippen LogP contribution in [0.25, 0.3) is 0 Å². The highest BCUT2D eigenvalue weighted by Gasteiger charge is 2.34. The summed E-state index contributed by atoms with van der Waals surface area (Å²) in [6, 6.07) is 15.3. The zero-order chi connectivity index (χ0) is 15.6. The maximum atomic E-state index is 5.77. The molecule has 2 saturated heterocycles. The Morgan fingerprint density at radius 2 is 1.83 bits per heavy atom. The number of likely N-dealkylation sites (N-methyl/N-ethyl adjacent to an activating group) is 1. The Bertz CT molecular complexity index is 643. The Morgan fingerprint density at radius 1 is 1.00 bits per heavy atom. The third-order valence-corrected chi connectivity index (χ3v) is 5.20. The average Bonchev–Trinajstić information content (AvgIpc) is 2.82. The third-order valence-electron chi connectivity index (χ3n) is 5.20. The Morgan fingerprint density at radius 3 is 2.61 bits per heavy atom. The van der Waals surface area contributed by atoms with Crippen LogP contribution in [0.2, 0.25) is 0 Å². The van der Waals surface area contributed by atoms with Crippen molar-refractivity contribution < 1.29 is 4.74 Å². The molecular weight excluding hydrogens is 286 g/mol. The van der Waals surface area contributed by atoms with Crippen LogP contribution in [0.5, 0.6) is 11.6 Å². The number of aromatic nitrogens is 1. The van der Waals surface area contributed by atoms with Gasteiger partial charge in [-0.05, 0) is 44.5 Å². The van der Waals surface area contributed by atoms with E-state index in [4.69, 9.17) is 4.74 Å². The predicted molar refractivity (Wildman–Crippen MR) is 92.2 cm³/mol. The lowest BCUT2D eigenvalue weighted by Crippen LogP contribution is -2.36. The molecule has 2 aliphatic rings. The zero-order valence-corrected chi connectivity index (χ0v) is 13.6. The maximum Gasteiger partial charge on any atom is 0.219 e. The van der Waals surface area contributed by atoms with Crippen LogP contribution >= 0.6 is 0 Å². The molecule has 23 heavy (non-hydrogen) atoms. The van der Waals surface area contributed by atoms with Crippen molar-refractivity contribution in [2.75, 3.05) is 25.0 Å². The molecule has 2 aromatic rings. The number of hydrogen-bond donors (Lipinski definition) is 0. The molecule has 2 unspecified atom stereocenters. The Balaban J connectivity index is 1.46. The van der Waals surface area contributed by atoms with Crippen LogP contribution in [0.1, 0.15) is 19.3 Å². The Kier molecular flexibility index (Phi) is 3.92. The van der Waals surface area contributed by atoms with Gasteiger partial charge in [0.25, 0.3) is 0 Å². The molecule has 1 aromatic heterocycles. The van der Waals surface area contributed by atoms with Gasteiger partial charge in [0.1, 0.15) is 5.75 Å². The lowest BCUT2D eigenvalue weighted by Gasteiger charge is -2.27. The first kappa shape index (κ1) is 14.5. The first-order chi connectivity index (χ1) is 11.3. The SMILES string of the molecule is CN1C2CCC1CN(c1ccc(Oc3ccccc3)nc1)CC2. The first-order valence-electron chi connectivity index (χ1n) is 8.45. The van der Waals surface area contributed by atoms with Crippen molar-refractivity contribution in [2.24, 2.45) is 0 Å². The van der Waals surface area contributed by atoms with Crippen LogP contribution in [-0.4, -0.2) is 42.1 Å². The molecule has 0 N–H and O–H groups in total. The van der Waals surface area contributed by atoms with E-state index in [1.54, 1.807) is 0 Å². The van der Waals surface area contributed by atoms with Gasteiger partial charge < -0.3 is 9.64 Å². The van der Waals surface area contributed by atoms with Crippen molar-refractivity contribution >= 4 is 5.69 Å². The van der Waals surface area contributed by atoms with E-state index < -0.39 is 0 Å². The second-order valence-electron chi connectivity index (χ2n) is 6.55. The van der Waals surface area contributed by atoms with Gasteiger partial charge in [-0.15, -0.1) is 0 Å². The van der Waals surface area contributed by atoms with Crippen LogP contribution in [0.4, 0.5) is 5.69 Å². The molecule has 2 fully saturated rings. The predicted octanol–water partition coefficient (Wildman–Crippen LogP) is 3.55. The van der Waals surface area contributed by atoms with E-state index in [1.165, 1.54) is 24.9 Å². The van der Waals surface area contributed by atoms with E-state index in [-0.39, 0.29) is 0 Å². The second-order valence-corrected chi connectivity index (χ2v) is 6.55. The number of anilines is 1. The van der Waals surface area contributed by atoms with E-state index in [1.807, 2.05) is 42.6 Å². The fourth-order valence-electron chi connectivity index (χ4n) is 3.77. The van der Waals surface area contributed by atoms with E-state index in [0.29, 0.717) is 11.9 Å². The van der Waals surface area contributed by atoms with Gasteiger partial charge in [-0.25, -0.2) is 4.98 Å². The number of rotatable bonds is 3. The van der Waals surface area contributed by atoms with E-state index in [2.05, 4.69) is 27.9 Å². The van der Waals surface area contributed by atoms with Crippen LogP contribution in [0.3, 0.4) is 0 Å². The minimum absolute atomic E-state index is 0.647. The normalized spacial score (nSPS) is 24.5. The summed E-state index contributed by atoms with van der Waals surface area (Å²) < 4.78 is 5.77. The molecule has 1 aromatic carbocycles. The van der Waals surface area contributed by atoms with Gasteiger partial charge in [-0.2, -0.15) is 0 Å². The van der Waals surface area contributed by atoms with Crippen molar-refractivity contribution in [3.05, 3.63) is 48.7 Å². The quantitative estimate of drug-likeness (QED) is 0.867. The van der Waals surface area contributed by atoms with Crippen LogP contribution in [0.15, 0.2) is 48.7 Å². The largest absolute Gasteiger partial charge is 0.439 e. The van der Waals surface area contributed by atoms with Gasteiger partial charge in [0.15, 0.2) is 0 Å². The molecule has 0 spiro atoms. The van der Waals surface area contributed by atoms with Crippen LogP contribution in [-0.2, 0) is 0 Å². The monoisotopic (exact) mass is 309 g/mol. The van der Waals surface area contributed by atoms with Crippen molar-refractivity contribution in [1.82, 2.24) is 9.88 Å². The third kappa shape index (κ3) is 3.04. The van der Waals surface area contributed by atoms with E-state index >= 15 is 0 Å². The standard InChI is InChI=1S/C19H23N3O/c1-21-15-7-8-17(21)14-22(12-11-15)16-9-10-19(20-13-16)23-18-5-3-2-4-6-18/h2-6,9-10,13,15,17H,7-8,11-12,14H2,1H3. The number of fused-ring (bicyclic) bond motifs is 2. The lowest BCUT2D eigenvalue weighted by atomic mass is 10.1. The number of ether oxygens (including phenoxy) is 1. The number of pyridine rings is 1. The van der Waals surface area contributed by atoms with Crippen molar-refractivity contribution in [3.8, 4) is 11.6 Å². The van der Waals surface area contributed by atoms with Gasteiger partial charge >= 0.3 is 0 Å². The minimum atomic E-state index is 0.647. The minimum Gasteiger partial charge on any atom is -0.439 e. The zero-order valence-electron chi connectivity index (χ0n) is 13.6. The molecule has 0 radical (unpaired) electrons. The average molecular weight is 309 g/mol. The molecule has 120 valence electrons. The highest BCUT2D eigenvalue weighted by atomic mass is 16.5. The number of nitrogens with zero attached hydrogens (tertiary/aromatic N) is 3. The molecule has 4 heteroatoms. The summed E-state index contributed by atoms with van der Waals surface area (Å²) in [5.74, 6) is 1.47. The fourth-order valence-corrected chi connectivity index (χ4v) is 3.77. The number of para-hydroxylation sites is 1. The van der Waals surface area contributed by atoms with E-state index in [0.717, 1.165) is 24.9 Å². The molecule has 0 saturated carbocycles. The van der Waals surface area contributed by atoms with Crippen LogP contribution < -0.4 is 9.64 Å². The van der Waals surface area contributed by atoms with Crippen molar-refractivity contribution in [1.29, 1.82) is 0 Å². The smallest absolute Gasteiger partial charge is 0.219 e. The molecular formula is C19H23N3O. The summed E-state index contributed by atoms with van der Waals surface area (Å²) in [7, 11) is 2.28. The van der Waals surface area contributed by atoms with E-state index in [9.17, 15) is 0 Å². The number of benzene rings is 1. The summed E-state index contributed by atoms with van der Waals surface area (Å²) in [5, 5.41) is 0. The topological polar surface area (TPSA) is 28.6 Å². The molecule has 3 heterocycles. The second kappa shape index (κ2) is 6.20. The molecule has 0 amide bonds. The van der Waals surface area contributed by atoms with Gasteiger partial charge in [-0.1, -0.05) is 18.2 Å². The van der Waals surface area contributed by atoms with Crippen molar-refractivity contribution in [3.63, 3.8) is 0 Å². The summed E-state index contributed by atoms with van der Waals surface area (Å²) in [6.07, 6.45) is 5.87.